The molecule has 0 aliphatic carbocycles. The minimum Gasteiger partial charge on any atom is -0.289 e. The molecule has 0 saturated carbocycles. The van der Waals surface area contributed by atoms with Gasteiger partial charge in [-0.1, -0.05) is 0 Å². The lowest BCUT2D eigenvalue weighted by Crippen LogP contribution is -1.92. The molecule has 0 amide bonds. The van der Waals surface area contributed by atoms with Crippen LogP contribution in [0.4, 0.5) is 0 Å². The Balaban J connectivity index is 2.65. The van der Waals surface area contributed by atoms with Gasteiger partial charge in [-0.25, -0.2) is 19.9 Å². The summed E-state index contributed by atoms with van der Waals surface area (Å²) in [6, 6.07) is 0. The summed E-state index contributed by atoms with van der Waals surface area (Å²) in [5.74, 6) is 0. The van der Waals surface area contributed by atoms with Gasteiger partial charge < -0.3 is 0 Å². The molecule has 0 bridgehead atoms. The van der Waals surface area contributed by atoms with Gasteiger partial charge in [-0.3, -0.25) is 4.40 Å². The maximum atomic E-state index is 4.17. The Bertz CT molecular complexity index is 571. The highest BCUT2D eigenvalue weighted by Crippen LogP contribution is 2.09. The molecule has 0 aromatic carbocycles. The van der Waals surface area contributed by atoms with Crippen LogP contribution in [-0.2, 0) is 0 Å². The molecule has 3 aromatic heterocycles. The Hall–Kier alpha value is -2.04. The van der Waals surface area contributed by atoms with Crippen LogP contribution in [0.2, 0.25) is 0 Å². The largest absolute Gasteiger partial charge is 0.289 e. The Morgan fingerprint density at radius 3 is 2.85 bits per heavy atom. The molecule has 5 heteroatoms. The van der Waals surface area contributed by atoms with Gasteiger partial charge in [-0.2, -0.15) is 0 Å². The normalized spacial score (nSPS) is 11.1. The third-order valence-electron chi connectivity index (χ3n) is 1.86. The molecule has 62 valence electrons. The van der Waals surface area contributed by atoms with E-state index in [0.717, 1.165) is 11.2 Å². The third-order valence-corrected chi connectivity index (χ3v) is 1.86. The van der Waals surface area contributed by atoms with Gasteiger partial charge in [-0.15, -0.1) is 0 Å². The SMILES string of the molecule is c1cnc2c(n1)ncn1ccnc21. The highest BCUT2D eigenvalue weighted by molar-refractivity contribution is 5.83. The maximum absolute atomic E-state index is 4.17. The number of nitrogens with zero attached hydrogens (tertiary/aromatic N) is 5. The molecule has 0 unspecified atom stereocenters. The molecule has 0 aliphatic rings. The zero-order valence-electron chi connectivity index (χ0n) is 6.62. The number of aromatic nitrogens is 5. The lowest BCUT2D eigenvalue weighted by Gasteiger charge is -1.95. The minimum atomic E-state index is 0.626. The Morgan fingerprint density at radius 1 is 0.923 bits per heavy atom. The summed E-state index contributed by atoms with van der Waals surface area (Å²) in [7, 11) is 0. The molecular formula is C8H5N5. The van der Waals surface area contributed by atoms with Crippen LogP contribution < -0.4 is 0 Å². The Labute approximate surface area is 73.1 Å². The fourth-order valence-corrected chi connectivity index (χ4v) is 1.29. The predicted molar refractivity (Wildman–Crippen MR) is 46.1 cm³/mol. The summed E-state index contributed by atoms with van der Waals surface area (Å²) in [5, 5.41) is 0. The average molecular weight is 171 g/mol. The van der Waals surface area contributed by atoms with Crippen molar-refractivity contribution in [3.63, 3.8) is 0 Å². The Kier molecular flexibility index (Phi) is 1.11. The highest BCUT2D eigenvalue weighted by Gasteiger charge is 2.02. The maximum Gasteiger partial charge on any atom is 0.183 e. The van der Waals surface area contributed by atoms with E-state index in [1.165, 1.54) is 0 Å². The van der Waals surface area contributed by atoms with E-state index in [2.05, 4.69) is 19.9 Å². The van der Waals surface area contributed by atoms with E-state index in [1.807, 2.05) is 10.6 Å². The zero-order chi connectivity index (χ0) is 8.67. The van der Waals surface area contributed by atoms with Gasteiger partial charge in [0.1, 0.15) is 6.33 Å². The standard InChI is InChI=1S/C8H5N5/c1-2-10-7-6(9-1)8-11-3-4-13(8)5-12-7/h1-5H. The molecule has 3 rings (SSSR count). The van der Waals surface area contributed by atoms with Gasteiger partial charge in [-0.05, 0) is 0 Å². The van der Waals surface area contributed by atoms with Gasteiger partial charge in [0.05, 0.1) is 0 Å². The monoisotopic (exact) mass is 171 g/mol. The zero-order valence-corrected chi connectivity index (χ0v) is 6.62. The molecule has 0 atom stereocenters. The second kappa shape index (κ2) is 2.22. The van der Waals surface area contributed by atoms with Crippen LogP contribution in [-0.4, -0.2) is 24.3 Å². The molecule has 3 heterocycles. The first-order valence-electron chi connectivity index (χ1n) is 3.83. The van der Waals surface area contributed by atoms with Crippen LogP contribution in [0, 0.1) is 0 Å². The van der Waals surface area contributed by atoms with Crippen molar-refractivity contribution in [2.24, 2.45) is 0 Å². The molecule has 0 radical (unpaired) electrons. The lowest BCUT2D eigenvalue weighted by atomic mass is 10.5. The number of hydrogen-bond acceptors (Lipinski definition) is 4. The van der Waals surface area contributed by atoms with Crippen molar-refractivity contribution in [3.8, 4) is 0 Å². The first-order valence-corrected chi connectivity index (χ1v) is 3.83. The molecule has 0 aliphatic heterocycles. The molecule has 0 N–H and O–H groups in total. The fraction of sp³-hybridized carbons (Fsp3) is 0. The van der Waals surface area contributed by atoms with Gasteiger partial charge in [0.2, 0.25) is 0 Å². The summed E-state index contributed by atoms with van der Waals surface area (Å²) < 4.78 is 1.82. The summed E-state index contributed by atoms with van der Waals surface area (Å²) in [4.78, 5) is 16.6. The third kappa shape index (κ3) is 0.807. The van der Waals surface area contributed by atoms with E-state index >= 15 is 0 Å². The van der Waals surface area contributed by atoms with Crippen molar-refractivity contribution in [3.05, 3.63) is 31.1 Å². The fourth-order valence-electron chi connectivity index (χ4n) is 1.29. The average Bonchev–Trinajstić information content (AvgIpc) is 2.65. The Morgan fingerprint density at radius 2 is 1.85 bits per heavy atom. The number of rotatable bonds is 0. The molecule has 0 saturated heterocycles. The summed E-state index contributed by atoms with van der Waals surface area (Å²) in [6.07, 6.45) is 8.48. The predicted octanol–water partition coefficient (Wildman–Crippen LogP) is 0.672. The van der Waals surface area contributed by atoms with Crippen molar-refractivity contribution in [2.75, 3.05) is 0 Å². The van der Waals surface area contributed by atoms with Crippen molar-refractivity contribution < 1.29 is 0 Å². The first-order chi connectivity index (χ1) is 6.45. The van der Waals surface area contributed by atoms with Crippen LogP contribution in [0.3, 0.4) is 0 Å². The minimum absolute atomic E-state index is 0.626. The number of fused-ring (bicyclic) bond motifs is 3. The lowest BCUT2D eigenvalue weighted by molar-refractivity contribution is 1.09. The number of hydrogen-bond donors (Lipinski definition) is 0. The van der Waals surface area contributed by atoms with E-state index in [1.54, 1.807) is 24.9 Å². The van der Waals surface area contributed by atoms with Crippen LogP contribution in [0.5, 0.6) is 0 Å². The quantitative estimate of drug-likeness (QED) is 0.499. The van der Waals surface area contributed by atoms with Crippen molar-refractivity contribution >= 4 is 16.8 Å². The second-order valence-electron chi connectivity index (χ2n) is 2.63. The van der Waals surface area contributed by atoms with E-state index in [4.69, 9.17) is 0 Å². The van der Waals surface area contributed by atoms with E-state index < -0.39 is 0 Å². The van der Waals surface area contributed by atoms with Gasteiger partial charge in [0.15, 0.2) is 16.8 Å². The topological polar surface area (TPSA) is 56.0 Å². The van der Waals surface area contributed by atoms with Crippen LogP contribution in [0.15, 0.2) is 31.1 Å². The van der Waals surface area contributed by atoms with Crippen molar-refractivity contribution in [2.45, 2.75) is 0 Å². The highest BCUT2D eigenvalue weighted by atomic mass is 15.1. The van der Waals surface area contributed by atoms with E-state index in [0.29, 0.717) is 5.65 Å². The second-order valence-corrected chi connectivity index (χ2v) is 2.63. The molecule has 0 fully saturated rings. The summed E-state index contributed by atoms with van der Waals surface area (Å²) >= 11 is 0. The first kappa shape index (κ1) is 6.47. The molecule has 3 aromatic rings. The molecule has 5 nitrogen and oxygen atoms in total. The van der Waals surface area contributed by atoms with Crippen LogP contribution >= 0.6 is 0 Å². The van der Waals surface area contributed by atoms with Crippen LogP contribution in [0.25, 0.3) is 16.8 Å². The van der Waals surface area contributed by atoms with Crippen LogP contribution in [0.1, 0.15) is 0 Å². The van der Waals surface area contributed by atoms with Gasteiger partial charge in [0, 0.05) is 24.8 Å². The van der Waals surface area contributed by atoms with Crippen molar-refractivity contribution in [1.29, 1.82) is 0 Å². The van der Waals surface area contributed by atoms with E-state index in [9.17, 15) is 0 Å². The molecule has 13 heavy (non-hydrogen) atoms. The summed E-state index contributed by atoms with van der Waals surface area (Å²) in [6.45, 7) is 0. The smallest absolute Gasteiger partial charge is 0.183 e. The molecular weight excluding hydrogens is 166 g/mol. The van der Waals surface area contributed by atoms with Crippen molar-refractivity contribution in [1.82, 2.24) is 24.3 Å². The number of imidazole rings is 1. The van der Waals surface area contributed by atoms with Gasteiger partial charge in [0.25, 0.3) is 0 Å². The summed E-state index contributed by atoms with van der Waals surface area (Å²) in [5.41, 5.74) is 2.15. The van der Waals surface area contributed by atoms with E-state index in [-0.39, 0.29) is 0 Å². The van der Waals surface area contributed by atoms with Gasteiger partial charge >= 0.3 is 0 Å². The molecule has 0 spiro atoms.